The summed E-state index contributed by atoms with van der Waals surface area (Å²) in [5, 5.41) is 6.89. The maximum Gasteiger partial charge on any atom is 0.216 e. The van der Waals surface area contributed by atoms with E-state index >= 15 is 0 Å². The summed E-state index contributed by atoms with van der Waals surface area (Å²) in [6.45, 7) is 12.6. The summed E-state index contributed by atoms with van der Waals surface area (Å²) in [6.07, 6.45) is 3.42. The van der Waals surface area contributed by atoms with Crippen LogP contribution in [0.3, 0.4) is 0 Å². The summed E-state index contributed by atoms with van der Waals surface area (Å²) in [5.74, 6) is 0.765. The summed E-state index contributed by atoms with van der Waals surface area (Å²) in [7, 11) is -3.37. The minimum Gasteiger partial charge on any atom is -0.357 e. The highest BCUT2D eigenvalue weighted by molar-refractivity contribution is 7.88. The number of nitrogens with one attached hydrogen (secondary N) is 3. The number of sulfonamides is 1. The van der Waals surface area contributed by atoms with E-state index in [0.29, 0.717) is 12.6 Å². The van der Waals surface area contributed by atoms with Crippen LogP contribution < -0.4 is 15.4 Å². The lowest BCUT2D eigenvalue weighted by atomic mass is 10.1. The van der Waals surface area contributed by atoms with Crippen molar-refractivity contribution >= 4 is 16.0 Å². The second kappa shape index (κ2) is 12.3. The van der Waals surface area contributed by atoms with E-state index in [1.54, 1.807) is 0 Å². The van der Waals surface area contributed by atoms with Crippen LogP contribution in [0.25, 0.3) is 0 Å². The second-order valence-corrected chi connectivity index (χ2v) is 10.0. The van der Waals surface area contributed by atoms with Gasteiger partial charge < -0.3 is 15.5 Å². The van der Waals surface area contributed by atoms with E-state index in [1.165, 1.54) is 13.0 Å². The predicted octanol–water partition coefficient (Wildman–Crippen LogP) is 2.44. The number of rotatable bonds is 10. The van der Waals surface area contributed by atoms with Gasteiger partial charge in [-0.2, -0.15) is 0 Å². The van der Waals surface area contributed by atoms with Gasteiger partial charge in [0.2, 0.25) is 10.0 Å². The lowest BCUT2D eigenvalue weighted by Gasteiger charge is -2.32. The maximum absolute atomic E-state index is 12.4. The Morgan fingerprint density at radius 2 is 1.83 bits per heavy atom. The Hall–Kier alpha value is -1.64. The van der Waals surface area contributed by atoms with Crippen LogP contribution in [-0.2, 0) is 22.3 Å². The molecule has 0 bridgehead atoms. The van der Waals surface area contributed by atoms with E-state index < -0.39 is 10.0 Å². The standard InChI is InChI=1S/C22H39N5O2S/c1-5-13-27-14-11-21(12-15-27)25-22(23-6-2)24-16-19-9-7-8-10-20(19)17-30(28,29)26-18(3)4/h7-10,18,21,26H,5-6,11-17H2,1-4H3,(H2,23,24,25). The molecule has 0 aliphatic carbocycles. The zero-order valence-corrected chi connectivity index (χ0v) is 19.8. The number of hydrogen-bond acceptors (Lipinski definition) is 4. The highest BCUT2D eigenvalue weighted by atomic mass is 32.2. The van der Waals surface area contributed by atoms with Crippen LogP contribution in [-0.4, -0.2) is 57.5 Å². The van der Waals surface area contributed by atoms with Gasteiger partial charge in [0.15, 0.2) is 5.96 Å². The van der Waals surface area contributed by atoms with Crippen LogP contribution in [0, 0.1) is 0 Å². The van der Waals surface area contributed by atoms with Gasteiger partial charge in [-0.1, -0.05) is 31.2 Å². The van der Waals surface area contributed by atoms with Crippen molar-refractivity contribution in [1.29, 1.82) is 0 Å². The third-order valence-electron chi connectivity index (χ3n) is 5.10. The minimum atomic E-state index is -3.37. The molecule has 2 rings (SSSR count). The molecule has 1 aromatic rings. The van der Waals surface area contributed by atoms with Crippen LogP contribution in [0.5, 0.6) is 0 Å². The summed E-state index contributed by atoms with van der Waals surface area (Å²) in [5.41, 5.74) is 1.72. The number of benzene rings is 1. The van der Waals surface area contributed by atoms with Gasteiger partial charge in [0.25, 0.3) is 0 Å². The largest absolute Gasteiger partial charge is 0.357 e. The second-order valence-electron chi connectivity index (χ2n) is 8.26. The smallest absolute Gasteiger partial charge is 0.216 e. The summed E-state index contributed by atoms with van der Waals surface area (Å²) >= 11 is 0. The topological polar surface area (TPSA) is 85.8 Å². The van der Waals surface area contributed by atoms with Gasteiger partial charge >= 0.3 is 0 Å². The Morgan fingerprint density at radius 3 is 2.43 bits per heavy atom. The molecule has 8 heteroatoms. The summed E-state index contributed by atoms with van der Waals surface area (Å²) < 4.78 is 27.4. The van der Waals surface area contributed by atoms with Gasteiger partial charge in [0.05, 0.1) is 12.3 Å². The molecule has 0 unspecified atom stereocenters. The van der Waals surface area contributed by atoms with Gasteiger partial charge in [-0.3, -0.25) is 0 Å². The SMILES string of the molecule is CCCN1CCC(NC(=NCc2ccccc2CS(=O)(=O)NC(C)C)NCC)CC1. The Morgan fingerprint density at radius 1 is 1.17 bits per heavy atom. The highest BCUT2D eigenvalue weighted by Crippen LogP contribution is 2.14. The third-order valence-corrected chi connectivity index (χ3v) is 6.62. The molecular formula is C22H39N5O2S. The number of nitrogens with zero attached hydrogens (tertiary/aromatic N) is 2. The van der Waals surface area contributed by atoms with Crippen molar-refractivity contribution < 1.29 is 8.42 Å². The Kier molecular flexibility index (Phi) is 10.1. The zero-order valence-electron chi connectivity index (χ0n) is 18.9. The summed E-state index contributed by atoms with van der Waals surface area (Å²) in [4.78, 5) is 7.27. The van der Waals surface area contributed by atoms with Crippen molar-refractivity contribution in [3.05, 3.63) is 35.4 Å². The van der Waals surface area contributed by atoms with Crippen molar-refractivity contribution in [2.24, 2.45) is 4.99 Å². The zero-order chi connectivity index (χ0) is 22.0. The average Bonchev–Trinajstić information content (AvgIpc) is 2.67. The Bertz CT molecular complexity index is 771. The molecule has 1 aliphatic rings. The summed E-state index contributed by atoms with van der Waals surface area (Å²) in [6, 6.07) is 7.93. The van der Waals surface area contributed by atoms with Crippen LogP contribution in [0.4, 0.5) is 0 Å². The van der Waals surface area contributed by atoms with Crippen molar-refractivity contribution in [2.75, 3.05) is 26.2 Å². The lowest BCUT2D eigenvalue weighted by Crippen LogP contribution is -2.48. The molecule has 0 amide bonds. The van der Waals surface area contributed by atoms with E-state index in [1.807, 2.05) is 38.1 Å². The van der Waals surface area contributed by atoms with E-state index in [4.69, 9.17) is 4.99 Å². The number of guanidine groups is 1. The average molecular weight is 438 g/mol. The molecule has 7 nitrogen and oxygen atoms in total. The fraction of sp³-hybridized carbons (Fsp3) is 0.682. The van der Waals surface area contributed by atoms with Crippen LogP contribution in [0.1, 0.15) is 58.1 Å². The first-order valence-corrected chi connectivity index (χ1v) is 12.8. The molecule has 1 aliphatic heterocycles. The molecule has 0 atom stereocenters. The van der Waals surface area contributed by atoms with E-state index in [9.17, 15) is 8.42 Å². The third kappa shape index (κ3) is 8.62. The highest BCUT2D eigenvalue weighted by Gasteiger charge is 2.19. The molecule has 170 valence electrons. The monoisotopic (exact) mass is 437 g/mol. The van der Waals surface area contributed by atoms with Gasteiger partial charge in [-0.15, -0.1) is 0 Å². The van der Waals surface area contributed by atoms with Gasteiger partial charge in [0.1, 0.15) is 0 Å². The molecule has 0 aromatic heterocycles. The van der Waals surface area contributed by atoms with Gasteiger partial charge in [-0.25, -0.2) is 18.1 Å². The van der Waals surface area contributed by atoms with Crippen molar-refractivity contribution in [3.8, 4) is 0 Å². The van der Waals surface area contributed by atoms with Crippen molar-refractivity contribution in [2.45, 2.75) is 71.3 Å². The molecule has 3 N–H and O–H groups in total. The fourth-order valence-electron chi connectivity index (χ4n) is 3.75. The first-order chi connectivity index (χ1) is 14.3. The lowest BCUT2D eigenvalue weighted by molar-refractivity contribution is 0.206. The van der Waals surface area contributed by atoms with Gasteiger partial charge in [0, 0.05) is 31.7 Å². The molecule has 0 radical (unpaired) electrons. The quantitative estimate of drug-likeness (QED) is 0.387. The van der Waals surface area contributed by atoms with E-state index in [-0.39, 0.29) is 11.8 Å². The molecule has 1 saturated heterocycles. The Labute approximate surface area is 182 Å². The number of likely N-dealkylation sites (tertiary alicyclic amines) is 1. The molecule has 0 spiro atoms. The number of hydrogen-bond donors (Lipinski definition) is 3. The molecule has 30 heavy (non-hydrogen) atoms. The first kappa shape index (κ1) is 24.6. The van der Waals surface area contributed by atoms with Gasteiger partial charge in [-0.05, 0) is 57.7 Å². The minimum absolute atomic E-state index is 0.0310. The van der Waals surface area contributed by atoms with Crippen molar-refractivity contribution in [1.82, 2.24) is 20.3 Å². The fourth-order valence-corrected chi connectivity index (χ4v) is 5.25. The molecule has 0 saturated carbocycles. The van der Waals surface area contributed by atoms with Crippen molar-refractivity contribution in [3.63, 3.8) is 0 Å². The predicted molar refractivity (Wildman–Crippen MR) is 125 cm³/mol. The van der Waals surface area contributed by atoms with E-state index in [0.717, 1.165) is 49.6 Å². The van der Waals surface area contributed by atoms with E-state index in [2.05, 4.69) is 34.1 Å². The molecule has 1 heterocycles. The molecule has 1 aromatic carbocycles. The molecular weight excluding hydrogens is 398 g/mol. The number of aliphatic imine (C=N–C) groups is 1. The normalized spacial score (nSPS) is 16.8. The number of piperidine rings is 1. The van der Waals surface area contributed by atoms with Crippen LogP contribution >= 0.6 is 0 Å². The first-order valence-electron chi connectivity index (χ1n) is 11.2. The maximum atomic E-state index is 12.4. The molecule has 1 fully saturated rings. The Balaban J connectivity index is 2.03. The van der Waals surface area contributed by atoms with Crippen LogP contribution in [0.2, 0.25) is 0 Å². The van der Waals surface area contributed by atoms with Crippen LogP contribution in [0.15, 0.2) is 29.3 Å².